The van der Waals surface area contributed by atoms with E-state index in [1.165, 1.54) is 0 Å². The van der Waals surface area contributed by atoms with E-state index in [-0.39, 0.29) is 5.97 Å². The zero-order valence-corrected chi connectivity index (χ0v) is 12.0. The fourth-order valence-electron chi connectivity index (χ4n) is 1.84. The molecule has 0 unspecified atom stereocenters. The number of hydrogen-bond acceptors (Lipinski definition) is 4. The molecule has 4 heteroatoms. The minimum absolute atomic E-state index is 0.0742. The summed E-state index contributed by atoms with van der Waals surface area (Å²) < 4.78 is 4.88. The molecule has 0 saturated heterocycles. The van der Waals surface area contributed by atoms with Gasteiger partial charge in [-0.2, -0.15) is 0 Å². The largest absolute Gasteiger partial charge is 0.466 e. The van der Waals surface area contributed by atoms with Gasteiger partial charge in [0, 0.05) is 13.0 Å². The van der Waals surface area contributed by atoms with Crippen molar-refractivity contribution in [2.45, 2.75) is 51.9 Å². The Balaban J connectivity index is 3.24. The first-order valence-corrected chi connectivity index (χ1v) is 7.15. The molecule has 0 spiro atoms. The maximum absolute atomic E-state index is 11.1. The van der Waals surface area contributed by atoms with Crippen molar-refractivity contribution in [2.24, 2.45) is 0 Å². The third-order valence-electron chi connectivity index (χ3n) is 2.92. The van der Waals surface area contributed by atoms with Crippen LogP contribution in [0.25, 0.3) is 0 Å². The van der Waals surface area contributed by atoms with Gasteiger partial charge in [-0.25, -0.2) is 0 Å². The molecule has 0 aromatic rings. The molecule has 0 aliphatic heterocycles. The second-order valence-electron chi connectivity index (χ2n) is 4.70. The van der Waals surface area contributed by atoms with Crippen LogP contribution in [-0.2, 0) is 9.53 Å². The van der Waals surface area contributed by atoms with Crippen molar-refractivity contribution in [3.8, 4) is 0 Å². The smallest absolute Gasteiger partial charge is 0.305 e. The Morgan fingerprint density at radius 3 is 2.22 bits per heavy atom. The number of unbranched alkanes of at least 4 members (excludes halogenated alkanes) is 4. The molecule has 0 atom stereocenters. The van der Waals surface area contributed by atoms with Gasteiger partial charge in [-0.15, -0.1) is 0 Å². The number of ether oxygens (including phenoxy) is 1. The summed E-state index contributed by atoms with van der Waals surface area (Å²) >= 11 is 0. The average Bonchev–Trinajstić information content (AvgIpc) is 2.34. The van der Waals surface area contributed by atoms with Crippen molar-refractivity contribution in [1.82, 2.24) is 4.90 Å². The first-order chi connectivity index (χ1) is 8.70. The summed E-state index contributed by atoms with van der Waals surface area (Å²) in [5.41, 5.74) is 0. The molecule has 18 heavy (non-hydrogen) atoms. The molecule has 0 bridgehead atoms. The zero-order valence-electron chi connectivity index (χ0n) is 12.0. The van der Waals surface area contributed by atoms with Crippen molar-refractivity contribution in [1.29, 1.82) is 0 Å². The Morgan fingerprint density at radius 2 is 1.67 bits per heavy atom. The van der Waals surface area contributed by atoms with Crippen LogP contribution >= 0.6 is 0 Å². The summed E-state index contributed by atoms with van der Waals surface area (Å²) in [6, 6.07) is 0. The summed E-state index contributed by atoms with van der Waals surface area (Å²) in [6.45, 7) is 4.80. The van der Waals surface area contributed by atoms with Gasteiger partial charge in [0.25, 0.3) is 0 Å². The number of carbonyl (C=O) groups is 1. The SMILES string of the molecule is CCOC(=O)CCCCCN(C)CCCCCO. The number of aliphatic hydroxyl groups excluding tert-OH is 1. The second-order valence-corrected chi connectivity index (χ2v) is 4.70. The Bertz CT molecular complexity index is 197. The predicted octanol–water partition coefficient (Wildman–Crippen LogP) is 2.20. The van der Waals surface area contributed by atoms with E-state index in [4.69, 9.17) is 9.84 Å². The van der Waals surface area contributed by atoms with E-state index >= 15 is 0 Å². The lowest BCUT2D eigenvalue weighted by atomic mass is 10.2. The van der Waals surface area contributed by atoms with E-state index in [1.54, 1.807) is 0 Å². The van der Waals surface area contributed by atoms with Gasteiger partial charge in [0.15, 0.2) is 0 Å². The molecule has 0 aromatic heterocycles. The van der Waals surface area contributed by atoms with Gasteiger partial charge in [-0.1, -0.05) is 6.42 Å². The van der Waals surface area contributed by atoms with E-state index in [0.717, 1.165) is 51.6 Å². The lowest BCUT2D eigenvalue weighted by molar-refractivity contribution is -0.143. The molecule has 0 aromatic carbocycles. The topological polar surface area (TPSA) is 49.8 Å². The van der Waals surface area contributed by atoms with Crippen LogP contribution in [0.2, 0.25) is 0 Å². The molecule has 1 N–H and O–H groups in total. The van der Waals surface area contributed by atoms with Crippen LogP contribution in [0.1, 0.15) is 51.9 Å². The normalized spacial score (nSPS) is 10.9. The van der Waals surface area contributed by atoms with Gasteiger partial charge < -0.3 is 14.7 Å². The van der Waals surface area contributed by atoms with Gasteiger partial charge in [0.05, 0.1) is 6.61 Å². The lowest BCUT2D eigenvalue weighted by Gasteiger charge is -2.16. The summed E-state index contributed by atoms with van der Waals surface area (Å²) in [5, 5.41) is 8.66. The number of rotatable bonds is 12. The first-order valence-electron chi connectivity index (χ1n) is 7.15. The summed E-state index contributed by atoms with van der Waals surface area (Å²) in [4.78, 5) is 13.4. The second kappa shape index (κ2) is 12.8. The fourth-order valence-corrected chi connectivity index (χ4v) is 1.84. The van der Waals surface area contributed by atoms with Gasteiger partial charge in [0.2, 0.25) is 0 Å². The number of carbonyl (C=O) groups excluding carboxylic acids is 1. The summed E-state index contributed by atoms with van der Waals surface area (Å²) in [7, 11) is 2.13. The molecule has 0 radical (unpaired) electrons. The van der Waals surface area contributed by atoms with Crippen LogP contribution in [0.3, 0.4) is 0 Å². The Morgan fingerprint density at radius 1 is 1.06 bits per heavy atom. The third kappa shape index (κ3) is 11.9. The van der Waals surface area contributed by atoms with Crippen molar-refractivity contribution in [2.75, 3.05) is 33.4 Å². The maximum Gasteiger partial charge on any atom is 0.305 e. The van der Waals surface area contributed by atoms with Crippen LogP contribution in [-0.4, -0.2) is 49.3 Å². The molecule has 0 amide bonds. The van der Waals surface area contributed by atoms with Crippen LogP contribution in [0.4, 0.5) is 0 Å². The van der Waals surface area contributed by atoms with Crippen LogP contribution < -0.4 is 0 Å². The third-order valence-corrected chi connectivity index (χ3v) is 2.92. The predicted molar refractivity (Wildman–Crippen MR) is 73.5 cm³/mol. The first kappa shape index (κ1) is 17.4. The highest BCUT2D eigenvalue weighted by Crippen LogP contribution is 2.03. The Kier molecular flexibility index (Phi) is 12.4. The van der Waals surface area contributed by atoms with E-state index in [2.05, 4.69) is 11.9 Å². The average molecular weight is 259 g/mol. The monoisotopic (exact) mass is 259 g/mol. The highest BCUT2D eigenvalue weighted by atomic mass is 16.5. The molecule has 0 rings (SSSR count). The number of aliphatic hydroxyl groups is 1. The molecular weight excluding hydrogens is 230 g/mol. The highest BCUT2D eigenvalue weighted by molar-refractivity contribution is 5.69. The van der Waals surface area contributed by atoms with Crippen molar-refractivity contribution in [3.05, 3.63) is 0 Å². The van der Waals surface area contributed by atoms with Crippen LogP contribution in [0, 0.1) is 0 Å². The summed E-state index contributed by atoms with van der Waals surface area (Å²) in [5.74, 6) is -0.0742. The van der Waals surface area contributed by atoms with Crippen LogP contribution in [0.5, 0.6) is 0 Å². The van der Waals surface area contributed by atoms with Gasteiger partial charge in [0.1, 0.15) is 0 Å². The van der Waals surface area contributed by atoms with E-state index < -0.39 is 0 Å². The molecular formula is C14H29NO3. The van der Waals surface area contributed by atoms with Gasteiger partial charge in [-0.05, 0) is 59.2 Å². The van der Waals surface area contributed by atoms with Gasteiger partial charge >= 0.3 is 5.97 Å². The molecule has 4 nitrogen and oxygen atoms in total. The number of esters is 1. The molecule has 0 aliphatic rings. The molecule has 0 heterocycles. The number of nitrogens with zero attached hydrogens (tertiary/aromatic N) is 1. The maximum atomic E-state index is 11.1. The molecule has 0 saturated carbocycles. The van der Waals surface area contributed by atoms with E-state index in [0.29, 0.717) is 19.6 Å². The van der Waals surface area contributed by atoms with Gasteiger partial charge in [-0.3, -0.25) is 4.79 Å². The fraction of sp³-hybridized carbons (Fsp3) is 0.929. The highest BCUT2D eigenvalue weighted by Gasteiger charge is 2.02. The number of hydrogen-bond donors (Lipinski definition) is 1. The molecule has 108 valence electrons. The van der Waals surface area contributed by atoms with E-state index in [1.807, 2.05) is 6.92 Å². The van der Waals surface area contributed by atoms with Crippen molar-refractivity contribution < 1.29 is 14.6 Å². The lowest BCUT2D eigenvalue weighted by Crippen LogP contribution is -2.21. The van der Waals surface area contributed by atoms with Crippen molar-refractivity contribution >= 4 is 5.97 Å². The minimum Gasteiger partial charge on any atom is -0.466 e. The quantitative estimate of drug-likeness (QED) is 0.431. The summed E-state index contributed by atoms with van der Waals surface area (Å²) in [6.07, 6.45) is 6.86. The van der Waals surface area contributed by atoms with Crippen molar-refractivity contribution in [3.63, 3.8) is 0 Å². The van der Waals surface area contributed by atoms with Crippen LogP contribution in [0.15, 0.2) is 0 Å². The molecule has 0 aliphatic carbocycles. The zero-order chi connectivity index (χ0) is 13.6. The Hall–Kier alpha value is -0.610. The standard InChI is InChI=1S/C14H29NO3/c1-3-18-14(17)10-6-4-7-11-15(2)12-8-5-9-13-16/h16H,3-13H2,1-2H3. The Labute approximate surface area is 111 Å². The minimum atomic E-state index is -0.0742. The van der Waals surface area contributed by atoms with E-state index in [9.17, 15) is 4.79 Å². The molecule has 0 fully saturated rings.